The van der Waals surface area contributed by atoms with Gasteiger partial charge in [-0.05, 0) is 54.7 Å². The molecular weight excluding hydrogens is 350 g/mol. The van der Waals surface area contributed by atoms with E-state index in [2.05, 4.69) is 51.9 Å². The average molecular weight is 374 g/mol. The Kier molecular flexibility index (Phi) is 5.82. The molecule has 0 aliphatic carbocycles. The maximum Gasteiger partial charge on any atom is 0.0785 e. The molecule has 0 radical (unpaired) electrons. The minimum Gasteiger partial charge on any atom is -0.388 e. The summed E-state index contributed by atoms with van der Waals surface area (Å²) in [5.41, 5.74) is 4.69. The summed E-state index contributed by atoms with van der Waals surface area (Å²) in [6, 6.07) is 15.2. The van der Waals surface area contributed by atoms with Crippen LogP contribution in [0.2, 0.25) is 5.02 Å². The number of likely N-dealkylation sites (tertiary alicyclic amines) is 1. The molecule has 0 aromatic heterocycles. The SMILES string of the molecule is CNc1cccc(CC2CCC(=S)N2Cc2ccc(Cl)c(NC)c2)c1. The zero-order chi connectivity index (χ0) is 17.8. The minimum absolute atomic E-state index is 0.452. The van der Waals surface area contributed by atoms with Gasteiger partial charge in [-0.15, -0.1) is 0 Å². The predicted octanol–water partition coefficient (Wildman–Crippen LogP) is 4.96. The molecule has 1 atom stereocenters. The molecule has 0 saturated carbocycles. The third kappa shape index (κ3) is 4.25. The quantitative estimate of drug-likeness (QED) is 0.700. The summed E-state index contributed by atoms with van der Waals surface area (Å²) in [4.78, 5) is 3.44. The van der Waals surface area contributed by atoms with E-state index in [9.17, 15) is 0 Å². The Morgan fingerprint density at radius 3 is 2.72 bits per heavy atom. The van der Waals surface area contributed by atoms with Crippen molar-refractivity contribution in [3.8, 4) is 0 Å². The lowest BCUT2D eigenvalue weighted by atomic mass is 10.0. The van der Waals surface area contributed by atoms with Gasteiger partial charge in [0.2, 0.25) is 0 Å². The van der Waals surface area contributed by atoms with E-state index in [1.165, 1.54) is 11.1 Å². The van der Waals surface area contributed by atoms with Crippen LogP contribution >= 0.6 is 23.8 Å². The van der Waals surface area contributed by atoms with Crippen molar-refractivity contribution in [2.24, 2.45) is 0 Å². The second-order valence-electron chi connectivity index (χ2n) is 6.43. The number of benzene rings is 2. The molecule has 25 heavy (non-hydrogen) atoms. The van der Waals surface area contributed by atoms with Crippen LogP contribution in [0.5, 0.6) is 0 Å². The second-order valence-corrected chi connectivity index (χ2v) is 7.31. The van der Waals surface area contributed by atoms with Crippen LogP contribution in [0.1, 0.15) is 24.0 Å². The van der Waals surface area contributed by atoms with Crippen LogP contribution in [0, 0.1) is 0 Å². The lowest BCUT2D eigenvalue weighted by molar-refractivity contribution is 0.330. The summed E-state index contributed by atoms with van der Waals surface area (Å²) in [6.45, 7) is 0.834. The number of hydrogen-bond donors (Lipinski definition) is 2. The number of rotatable bonds is 6. The van der Waals surface area contributed by atoms with Gasteiger partial charge in [0.1, 0.15) is 0 Å². The molecule has 1 heterocycles. The van der Waals surface area contributed by atoms with E-state index >= 15 is 0 Å². The van der Waals surface area contributed by atoms with E-state index in [0.29, 0.717) is 6.04 Å². The van der Waals surface area contributed by atoms with Gasteiger partial charge in [-0.2, -0.15) is 0 Å². The molecule has 1 unspecified atom stereocenters. The zero-order valence-electron chi connectivity index (χ0n) is 14.7. The fourth-order valence-corrected chi connectivity index (χ4v) is 3.95. The van der Waals surface area contributed by atoms with Crippen LogP contribution < -0.4 is 10.6 Å². The Morgan fingerprint density at radius 1 is 1.12 bits per heavy atom. The average Bonchev–Trinajstić information content (AvgIpc) is 2.96. The largest absolute Gasteiger partial charge is 0.388 e. The van der Waals surface area contributed by atoms with Gasteiger partial charge in [-0.25, -0.2) is 0 Å². The van der Waals surface area contributed by atoms with Gasteiger partial charge in [0.15, 0.2) is 0 Å². The first-order chi connectivity index (χ1) is 12.1. The van der Waals surface area contributed by atoms with Crippen molar-refractivity contribution in [3.63, 3.8) is 0 Å². The van der Waals surface area contributed by atoms with E-state index in [-0.39, 0.29) is 0 Å². The molecule has 3 rings (SSSR count). The molecule has 5 heteroatoms. The molecular formula is C20H24ClN3S. The third-order valence-corrected chi connectivity index (χ3v) is 5.56. The van der Waals surface area contributed by atoms with Crippen LogP contribution in [0.25, 0.3) is 0 Å². The van der Waals surface area contributed by atoms with Crippen molar-refractivity contribution in [1.29, 1.82) is 0 Å². The van der Waals surface area contributed by atoms with E-state index in [0.717, 1.165) is 47.2 Å². The summed E-state index contributed by atoms with van der Waals surface area (Å²) in [5, 5.41) is 7.10. The van der Waals surface area contributed by atoms with Gasteiger partial charge in [-0.3, -0.25) is 0 Å². The first-order valence-corrected chi connectivity index (χ1v) is 9.41. The molecule has 0 bridgehead atoms. The fraction of sp³-hybridized carbons (Fsp3) is 0.350. The summed E-state index contributed by atoms with van der Waals surface area (Å²) in [7, 11) is 3.85. The molecule has 1 fully saturated rings. The molecule has 2 N–H and O–H groups in total. The minimum atomic E-state index is 0.452. The van der Waals surface area contributed by atoms with Crippen LogP contribution in [-0.2, 0) is 13.0 Å². The van der Waals surface area contributed by atoms with Gasteiger partial charge in [0, 0.05) is 32.4 Å². The van der Waals surface area contributed by atoms with Gasteiger partial charge < -0.3 is 15.5 Å². The smallest absolute Gasteiger partial charge is 0.0785 e. The standard InChI is InChI=1S/C20H24ClN3S/c1-22-16-5-3-4-14(10-16)11-17-7-9-20(25)24(17)13-15-6-8-18(21)19(12-15)23-2/h3-6,8,10,12,17,22-23H,7,9,11,13H2,1-2H3. The molecule has 1 aliphatic rings. The van der Waals surface area contributed by atoms with Gasteiger partial charge in [0.05, 0.1) is 15.7 Å². The Morgan fingerprint density at radius 2 is 1.96 bits per heavy atom. The maximum absolute atomic E-state index is 6.20. The van der Waals surface area contributed by atoms with Crippen LogP contribution in [-0.4, -0.2) is 30.0 Å². The number of nitrogens with zero attached hydrogens (tertiary/aromatic N) is 1. The Labute approximate surface area is 160 Å². The highest BCUT2D eigenvalue weighted by Gasteiger charge is 2.28. The molecule has 0 amide bonds. The predicted molar refractivity (Wildman–Crippen MR) is 112 cm³/mol. The molecule has 2 aromatic carbocycles. The lowest BCUT2D eigenvalue weighted by Gasteiger charge is -2.27. The normalized spacial score (nSPS) is 17.0. The molecule has 2 aromatic rings. The van der Waals surface area contributed by atoms with Crippen LogP contribution in [0.15, 0.2) is 42.5 Å². The first-order valence-electron chi connectivity index (χ1n) is 8.63. The van der Waals surface area contributed by atoms with Crippen molar-refractivity contribution in [1.82, 2.24) is 4.90 Å². The summed E-state index contributed by atoms with van der Waals surface area (Å²) < 4.78 is 0. The molecule has 3 nitrogen and oxygen atoms in total. The Balaban J connectivity index is 1.75. The number of thiocarbonyl (C=S) groups is 1. The van der Waals surface area contributed by atoms with Crippen molar-refractivity contribution >= 4 is 40.2 Å². The number of hydrogen-bond acceptors (Lipinski definition) is 3. The van der Waals surface area contributed by atoms with Crippen molar-refractivity contribution < 1.29 is 0 Å². The highest BCUT2D eigenvalue weighted by atomic mass is 35.5. The third-order valence-electron chi connectivity index (χ3n) is 4.79. The monoisotopic (exact) mass is 373 g/mol. The van der Waals surface area contributed by atoms with E-state index in [1.807, 2.05) is 20.2 Å². The van der Waals surface area contributed by atoms with Crippen molar-refractivity contribution in [2.45, 2.75) is 31.8 Å². The summed E-state index contributed by atoms with van der Waals surface area (Å²) in [6.07, 6.45) is 3.13. The topological polar surface area (TPSA) is 27.3 Å². The highest BCUT2D eigenvalue weighted by molar-refractivity contribution is 7.80. The van der Waals surface area contributed by atoms with Gasteiger partial charge >= 0.3 is 0 Å². The summed E-state index contributed by atoms with van der Waals surface area (Å²) in [5.74, 6) is 0. The van der Waals surface area contributed by atoms with E-state index in [1.54, 1.807) is 0 Å². The highest BCUT2D eigenvalue weighted by Crippen LogP contribution is 2.28. The fourth-order valence-electron chi connectivity index (χ4n) is 3.41. The second kappa shape index (κ2) is 8.07. The van der Waals surface area contributed by atoms with Crippen LogP contribution in [0.3, 0.4) is 0 Å². The van der Waals surface area contributed by atoms with Crippen molar-refractivity contribution in [3.05, 3.63) is 58.6 Å². The van der Waals surface area contributed by atoms with Crippen molar-refractivity contribution in [2.75, 3.05) is 24.7 Å². The molecule has 1 saturated heterocycles. The molecule has 1 aliphatic heterocycles. The van der Waals surface area contributed by atoms with Crippen LogP contribution in [0.4, 0.5) is 11.4 Å². The first kappa shape index (κ1) is 18.0. The Hall–Kier alpha value is -1.78. The van der Waals surface area contributed by atoms with E-state index < -0.39 is 0 Å². The van der Waals surface area contributed by atoms with Gasteiger partial charge in [-0.1, -0.05) is 42.0 Å². The molecule has 0 spiro atoms. The lowest BCUT2D eigenvalue weighted by Crippen LogP contribution is -2.33. The number of anilines is 2. The maximum atomic E-state index is 6.20. The summed E-state index contributed by atoms with van der Waals surface area (Å²) >= 11 is 11.8. The number of halogens is 1. The number of nitrogens with one attached hydrogen (secondary N) is 2. The van der Waals surface area contributed by atoms with Gasteiger partial charge in [0.25, 0.3) is 0 Å². The Bertz CT molecular complexity index is 762. The zero-order valence-corrected chi connectivity index (χ0v) is 16.3. The molecule has 132 valence electrons. The van der Waals surface area contributed by atoms with E-state index in [4.69, 9.17) is 23.8 Å².